The van der Waals surface area contributed by atoms with Gasteiger partial charge in [-0.3, -0.25) is 4.98 Å². The topological polar surface area (TPSA) is 48.4 Å². The number of hydrogen-bond acceptors (Lipinski definition) is 4. The Hall–Kier alpha value is -1.13. The Balaban J connectivity index is 1.91. The molecular weight excluding hydrogens is 250 g/mol. The van der Waals surface area contributed by atoms with Crippen molar-refractivity contribution < 1.29 is 5.11 Å². The predicted octanol–water partition coefficient (Wildman–Crippen LogP) is 2.35. The van der Waals surface area contributed by atoms with Crippen LogP contribution in [0.25, 0.3) is 0 Å². The summed E-state index contributed by atoms with van der Waals surface area (Å²) >= 11 is 0. The highest BCUT2D eigenvalue weighted by atomic mass is 16.3. The first-order chi connectivity index (χ1) is 9.74. The van der Waals surface area contributed by atoms with Crippen LogP contribution >= 0.6 is 0 Å². The van der Waals surface area contributed by atoms with Crippen molar-refractivity contribution in [3.8, 4) is 0 Å². The molecule has 0 saturated carbocycles. The quantitative estimate of drug-likeness (QED) is 0.803. The van der Waals surface area contributed by atoms with Crippen molar-refractivity contribution in [1.29, 1.82) is 0 Å². The highest BCUT2D eigenvalue weighted by molar-refractivity contribution is 5.45. The van der Waals surface area contributed by atoms with Crippen molar-refractivity contribution in [3.05, 3.63) is 24.0 Å². The number of aliphatic hydroxyl groups excluding tert-OH is 1. The molecular formula is C16H27N3O. The number of anilines is 1. The van der Waals surface area contributed by atoms with Gasteiger partial charge in [0.2, 0.25) is 0 Å². The number of pyridine rings is 1. The Morgan fingerprint density at radius 2 is 2.35 bits per heavy atom. The number of nitrogens with one attached hydrogen (secondary N) is 1. The summed E-state index contributed by atoms with van der Waals surface area (Å²) in [4.78, 5) is 6.97. The van der Waals surface area contributed by atoms with Gasteiger partial charge in [0, 0.05) is 25.7 Å². The van der Waals surface area contributed by atoms with Crippen LogP contribution < -0.4 is 10.2 Å². The lowest BCUT2D eigenvalue weighted by molar-refractivity contribution is 0.263. The molecule has 1 saturated heterocycles. The van der Waals surface area contributed by atoms with Crippen molar-refractivity contribution in [1.82, 2.24) is 10.3 Å². The Bertz CT molecular complexity index is 393. The van der Waals surface area contributed by atoms with Gasteiger partial charge in [-0.1, -0.05) is 6.92 Å². The molecule has 0 spiro atoms. The Kier molecular flexibility index (Phi) is 5.80. The zero-order valence-electron chi connectivity index (χ0n) is 12.7. The average molecular weight is 277 g/mol. The van der Waals surface area contributed by atoms with E-state index >= 15 is 0 Å². The molecule has 0 bridgehead atoms. The molecule has 4 heteroatoms. The summed E-state index contributed by atoms with van der Waals surface area (Å²) in [6.45, 7) is 7.79. The van der Waals surface area contributed by atoms with E-state index in [9.17, 15) is 0 Å². The van der Waals surface area contributed by atoms with Crippen LogP contribution in [0.4, 0.5) is 5.69 Å². The molecule has 2 N–H and O–H groups in total. The molecule has 20 heavy (non-hydrogen) atoms. The zero-order chi connectivity index (χ0) is 14.4. The van der Waals surface area contributed by atoms with Gasteiger partial charge < -0.3 is 15.3 Å². The average Bonchev–Trinajstić information content (AvgIpc) is 2.94. The van der Waals surface area contributed by atoms with Gasteiger partial charge in [-0.15, -0.1) is 0 Å². The number of nitrogens with zero attached hydrogens (tertiary/aromatic N) is 2. The SMILES string of the molecule is CCCNC(C)c1ccc(N2CCC(CCO)C2)cn1. The summed E-state index contributed by atoms with van der Waals surface area (Å²) in [5, 5.41) is 12.5. The maximum absolute atomic E-state index is 9.01. The lowest BCUT2D eigenvalue weighted by Gasteiger charge is -2.19. The van der Waals surface area contributed by atoms with Crippen molar-refractivity contribution in [3.63, 3.8) is 0 Å². The van der Waals surface area contributed by atoms with Gasteiger partial charge in [-0.25, -0.2) is 0 Å². The van der Waals surface area contributed by atoms with E-state index in [1.54, 1.807) is 0 Å². The predicted molar refractivity (Wildman–Crippen MR) is 83.0 cm³/mol. The molecule has 2 unspecified atom stereocenters. The van der Waals surface area contributed by atoms with Crippen LogP contribution in [0.1, 0.15) is 44.8 Å². The minimum Gasteiger partial charge on any atom is -0.396 e. The second-order valence-electron chi connectivity index (χ2n) is 5.73. The third kappa shape index (κ3) is 3.93. The van der Waals surface area contributed by atoms with Crippen LogP contribution in [-0.4, -0.2) is 36.3 Å². The molecule has 112 valence electrons. The molecule has 2 atom stereocenters. The van der Waals surface area contributed by atoms with E-state index in [0.29, 0.717) is 18.6 Å². The van der Waals surface area contributed by atoms with E-state index in [2.05, 4.69) is 41.2 Å². The molecule has 1 aromatic heterocycles. The summed E-state index contributed by atoms with van der Waals surface area (Å²) in [6, 6.07) is 4.61. The summed E-state index contributed by atoms with van der Waals surface area (Å²) in [6.07, 6.45) is 5.22. The van der Waals surface area contributed by atoms with Crippen LogP contribution in [-0.2, 0) is 0 Å². The number of rotatable bonds is 7. The van der Waals surface area contributed by atoms with Crippen molar-refractivity contribution >= 4 is 5.69 Å². The molecule has 2 rings (SSSR count). The van der Waals surface area contributed by atoms with E-state index < -0.39 is 0 Å². The van der Waals surface area contributed by atoms with Crippen LogP contribution in [0.5, 0.6) is 0 Å². The van der Waals surface area contributed by atoms with E-state index in [-0.39, 0.29) is 0 Å². The van der Waals surface area contributed by atoms with Gasteiger partial charge in [0.05, 0.1) is 17.6 Å². The van der Waals surface area contributed by atoms with Crippen molar-refractivity contribution in [2.45, 2.75) is 39.2 Å². The first-order valence-corrected chi connectivity index (χ1v) is 7.79. The molecule has 0 aliphatic carbocycles. The Labute approximate surface area is 122 Å². The smallest absolute Gasteiger partial charge is 0.0572 e. The third-order valence-electron chi connectivity index (χ3n) is 4.10. The first kappa shape index (κ1) is 15.3. The molecule has 1 aliphatic rings. The van der Waals surface area contributed by atoms with E-state index in [0.717, 1.165) is 38.2 Å². The second-order valence-corrected chi connectivity index (χ2v) is 5.73. The van der Waals surface area contributed by atoms with E-state index in [1.807, 2.05) is 6.20 Å². The molecule has 1 aliphatic heterocycles. The van der Waals surface area contributed by atoms with Gasteiger partial charge in [-0.2, -0.15) is 0 Å². The molecule has 0 radical (unpaired) electrons. The van der Waals surface area contributed by atoms with Gasteiger partial charge in [0.1, 0.15) is 0 Å². The third-order valence-corrected chi connectivity index (χ3v) is 4.10. The number of hydrogen-bond donors (Lipinski definition) is 2. The highest BCUT2D eigenvalue weighted by Gasteiger charge is 2.22. The fourth-order valence-corrected chi connectivity index (χ4v) is 2.79. The Morgan fingerprint density at radius 3 is 3.00 bits per heavy atom. The zero-order valence-corrected chi connectivity index (χ0v) is 12.7. The molecule has 4 nitrogen and oxygen atoms in total. The van der Waals surface area contributed by atoms with Crippen LogP contribution in [0, 0.1) is 5.92 Å². The minimum atomic E-state index is 0.302. The van der Waals surface area contributed by atoms with Crippen LogP contribution in [0.3, 0.4) is 0 Å². The van der Waals surface area contributed by atoms with Crippen molar-refractivity contribution in [2.75, 3.05) is 31.1 Å². The van der Waals surface area contributed by atoms with E-state index in [4.69, 9.17) is 5.11 Å². The summed E-state index contributed by atoms with van der Waals surface area (Å²) < 4.78 is 0. The maximum atomic E-state index is 9.01. The van der Waals surface area contributed by atoms with Gasteiger partial charge >= 0.3 is 0 Å². The number of aromatic nitrogens is 1. The lowest BCUT2D eigenvalue weighted by atomic mass is 10.1. The van der Waals surface area contributed by atoms with Gasteiger partial charge in [-0.05, 0) is 50.8 Å². The number of aliphatic hydroxyl groups is 1. The molecule has 1 aromatic rings. The molecule has 0 aromatic carbocycles. The van der Waals surface area contributed by atoms with E-state index in [1.165, 1.54) is 12.1 Å². The monoisotopic (exact) mass is 277 g/mol. The van der Waals surface area contributed by atoms with Crippen molar-refractivity contribution in [2.24, 2.45) is 5.92 Å². The standard InChI is InChI=1S/C16H27N3O/c1-3-8-17-13(2)16-5-4-15(11-18-16)19-9-6-14(12-19)7-10-20/h4-5,11,13-14,17,20H,3,6-10,12H2,1-2H3. The maximum Gasteiger partial charge on any atom is 0.0572 e. The van der Waals surface area contributed by atoms with Gasteiger partial charge in [0.25, 0.3) is 0 Å². The normalized spacial score (nSPS) is 20.4. The summed E-state index contributed by atoms with van der Waals surface area (Å²) in [5.74, 6) is 0.629. The molecule has 0 amide bonds. The summed E-state index contributed by atoms with van der Waals surface area (Å²) in [7, 11) is 0. The molecule has 1 fully saturated rings. The van der Waals surface area contributed by atoms with Gasteiger partial charge in [0.15, 0.2) is 0 Å². The fraction of sp³-hybridized carbons (Fsp3) is 0.688. The van der Waals surface area contributed by atoms with Crippen LogP contribution in [0.2, 0.25) is 0 Å². The lowest BCUT2D eigenvalue weighted by Crippen LogP contribution is -2.22. The van der Waals surface area contributed by atoms with Crippen LogP contribution in [0.15, 0.2) is 18.3 Å². The fourth-order valence-electron chi connectivity index (χ4n) is 2.79. The Morgan fingerprint density at radius 1 is 1.50 bits per heavy atom. The highest BCUT2D eigenvalue weighted by Crippen LogP contribution is 2.25. The largest absolute Gasteiger partial charge is 0.396 e. The second kappa shape index (κ2) is 7.60. The first-order valence-electron chi connectivity index (χ1n) is 7.79. The minimum absolute atomic E-state index is 0.302. The molecule has 2 heterocycles. The summed E-state index contributed by atoms with van der Waals surface area (Å²) in [5.41, 5.74) is 2.31.